The molecule has 2 aromatic rings. The van der Waals surface area contributed by atoms with Gasteiger partial charge in [0.25, 0.3) is 0 Å². The molecule has 22 heavy (non-hydrogen) atoms. The van der Waals surface area contributed by atoms with Crippen molar-refractivity contribution in [2.24, 2.45) is 0 Å². The molecule has 0 unspecified atom stereocenters. The maximum Gasteiger partial charge on any atom is 0.308 e. The number of hydrogen-bond donors (Lipinski definition) is 0. The van der Waals surface area contributed by atoms with E-state index in [1.54, 1.807) is 18.2 Å². The SMILES string of the molecule is CC(=O)Oc1ccc(Br)cc1/C=C1/Sc2ccccc2C1=O. The zero-order valence-electron chi connectivity index (χ0n) is 11.6. The topological polar surface area (TPSA) is 43.4 Å². The molecular formula is C17H11BrO3S. The van der Waals surface area contributed by atoms with Crippen LogP contribution in [0, 0.1) is 0 Å². The summed E-state index contributed by atoms with van der Waals surface area (Å²) in [6, 6.07) is 12.8. The number of fused-ring (bicyclic) bond motifs is 1. The first-order valence-electron chi connectivity index (χ1n) is 6.56. The molecule has 0 aliphatic carbocycles. The Morgan fingerprint density at radius 1 is 1.23 bits per heavy atom. The smallest absolute Gasteiger partial charge is 0.308 e. The lowest BCUT2D eigenvalue weighted by molar-refractivity contribution is -0.131. The predicted octanol–water partition coefficient (Wildman–Crippen LogP) is 4.70. The molecule has 1 aliphatic rings. The van der Waals surface area contributed by atoms with E-state index in [2.05, 4.69) is 15.9 Å². The van der Waals surface area contributed by atoms with Crippen molar-refractivity contribution in [3.05, 3.63) is 63.0 Å². The minimum absolute atomic E-state index is 0.00523. The molecule has 1 heterocycles. The fraction of sp³-hybridized carbons (Fsp3) is 0.0588. The third-order valence-electron chi connectivity index (χ3n) is 3.09. The molecule has 2 aromatic carbocycles. The minimum atomic E-state index is -0.393. The van der Waals surface area contributed by atoms with Crippen LogP contribution < -0.4 is 4.74 Å². The highest BCUT2D eigenvalue weighted by Gasteiger charge is 2.25. The Morgan fingerprint density at radius 2 is 2.00 bits per heavy atom. The molecule has 0 N–H and O–H groups in total. The van der Waals surface area contributed by atoms with E-state index in [9.17, 15) is 9.59 Å². The number of ketones is 1. The fourth-order valence-electron chi connectivity index (χ4n) is 2.16. The van der Waals surface area contributed by atoms with E-state index in [1.165, 1.54) is 18.7 Å². The number of carbonyl (C=O) groups excluding carboxylic acids is 2. The number of allylic oxidation sites excluding steroid dienone is 1. The number of esters is 1. The number of thioether (sulfide) groups is 1. The summed E-state index contributed by atoms with van der Waals surface area (Å²) in [7, 11) is 0. The van der Waals surface area contributed by atoms with Crippen LogP contribution in [0.5, 0.6) is 5.75 Å². The van der Waals surface area contributed by atoms with Crippen molar-refractivity contribution in [3.63, 3.8) is 0 Å². The standard InChI is InChI=1S/C17H11BrO3S/c1-10(19)21-14-7-6-12(18)8-11(14)9-16-17(20)13-4-2-3-5-15(13)22-16/h2-9H,1H3/b16-9+. The van der Waals surface area contributed by atoms with Crippen LogP contribution in [-0.2, 0) is 4.79 Å². The highest BCUT2D eigenvalue weighted by atomic mass is 79.9. The zero-order chi connectivity index (χ0) is 15.7. The van der Waals surface area contributed by atoms with Gasteiger partial charge in [0.1, 0.15) is 5.75 Å². The van der Waals surface area contributed by atoms with Crippen LogP contribution in [0.4, 0.5) is 0 Å². The molecular weight excluding hydrogens is 364 g/mol. The summed E-state index contributed by atoms with van der Waals surface area (Å²) < 4.78 is 6.05. The van der Waals surface area contributed by atoms with Crippen LogP contribution in [0.2, 0.25) is 0 Å². The Labute approximate surface area is 140 Å². The van der Waals surface area contributed by atoms with Crippen LogP contribution in [0.25, 0.3) is 6.08 Å². The first-order chi connectivity index (χ1) is 10.5. The molecule has 0 saturated heterocycles. The molecule has 0 aromatic heterocycles. The molecule has 1 aliphatic heterocycles. The molecule has 3 nitrogen and oxygen atoms in total. The average Bonchev–Trinajstić information content (AvgIpc) is 2.79. The van der Waals surface area contributed by atoms with Crippen molar-refractivity contribution in [2.75, 3.05) is 0 Å². The van der Waals surface area contributed by atoms with E-state index in [4.69, 9.17) is 4.74 Å². The van der Waals surface area contributed by atoms with E-state index >= 15 is 0 Å². The van der Waals surface area contributed by atoms with E-state index in [1.807, 2.05) is 30.3 Å². The second-order valence-electron chi connectivity index (χ2n) is 4.71. The van der Waals surface area contributed by atoms with Gasteiger partial charge in [0, 0.05) is 27.4 Å². The number of rotatable bonds is 2. The van der Waals surface area contributed by atoms with Crippen LogP contribution in [0.15, 0.2) is 56.7 Å². The molecule has 0 amide bonds. The second-order valence-corrected chi connectivity index (χ2v) is 6.71. The largest absolute Gasteiger partial charge is 0.426 e. The zero-order valence-corrected chi connectivity index (χ0v) is 14.0. The summed E-state index contributed by atoms with van der Waals surface area (Å²) in [6.07, 6.45) is 1.76. The second kappa shape index (κ2) is 6.10. The van der Waals surface area contributed by atoms with Gasteiger partial charge < -0.3 is 4.74 Å². The molecule has 0 spiro atoms. The Kier molecular flexibility index (Phi) is 4.18. The lowest BCUT2D eigenvalue weighted by Gasteiger charge is -2.06. The summed E-state index contributed by atoms with van der Waals surface area (Å²) in [5, 5.41) is 0. The fourth-order valence-corrected chi connectivity index (χ4v) is 3.58. The minimum Gasteiger partial charge on any atom is -0.426 e. The lowest BCUT2D eigenvalue weighted by Crippen LogP contribution is -2.03. The van der Waals surface area contributed by atoms with Gasteiger partial charge in [-0.1, -0.05) is 39.8 Å². The monoisotopic (exact) mass is 374 g/mol. The summed E-state index contributed by atoms with van der Waals surface area (Å²) in [5.74, 6) is 0.0394. The van der Waals surface area contributed by atoms with Crippen molar-refractivity contribution in [1.29, 1.82) is 0 Å². The van der Waals surface area contributed by atoms with Crippen molar-refractivity contribution in [3.8, 4) is 5.75 Å². The quantitative estimate of drug-likeness (QED) is 0.433. The highest BCUT2D eigenvalue weighted by molar-refractivity contribution is 9.10. The van der Waals surface area contributed by atoms with Gasteiger partial charge in [-0.25, -0.2) is 0 Å². The van der Waals surface area contributed by atoms with Gasteiger partial charge in [0.2, 0.25) is 5.78 Å². The molecule has 0 radical (unpaired) electrons. The maximum atomic E-state index is 12.4. The molecule has 0 bridgehead atoms. The van der Waals surface area contributed by atoms with Gasteiger partial charge in [-0.15, -0.1) is 0 Å². The van der Waals surface area contributed by atoms with E-state index in [-0.39, 0.29) is 5.78 Å². The van der Waals surface area contributed by atoms with Gasteiger partial charge in [0.05, 0.1) is 4.91 Å². The number of hydrogen-bond acceptors (Lipinski definition) is 4. The van der Waals surface area contributed by atoms with Crippen molar-refractivity contribution < 1.29 is 14.3 Å². The molecule has 5 heteroatoms. The van der Waals surface area contributed by atoms with Crippen LogP contribution in [0.1, 0.15) is 22.8 Å². The van der Waals surface area contributed by atoms with E-state index in [0.717, 1.165) is 9.37 Å². The number of halogens is 1. The summed E-state index contributed by atoms with van der Waals surface area (Å²) in [4.78, 5) is 25.2. The predicted molar refractivity (Wildman–Crippen MR) is 90.1 cm³/mol. The maximum absolute atomic E-state index is 12.4. The van der Waals surface area contributed by atoms with Crippen molar-refractivity contribution >= 4 is 45.5 Å². The van der Waals surface area contributed by atoms with Crippen LogP contribution >= 0.6 is 27.7 Å². The molecule has 110 valence electrons. The first kappa shape index (κ1) is 15.1. The van der Waals surface area contributed by atoms with Gasteiger partial charge >= 0.3 is 5.97 Å². The first-order valence-corrected chi connectivity index (χ1v) is 8.17. The highest BCUT2D eigenvalue weighted by Crippen LogP contribution is 2.41. The Hall–Kier alpha value is -1.85. The number of benzene rings is 2. The van der Waals surface area contributed by atoms with Crippen molar-refractivity contribution in [1.82, 2.24) is 0 Å². The van der Waals surface area contributed by atoms with Gasteiger partial charge in [-0.05, 0) is 36.4 Å². The van der Waals surface area contributed by atoms with E-state index < -0.39 is 5.97 Å². The number of carbonyl (C=O) groups is 2. The van der Waals surface area contributed by atoms with Gasteiger partial charge in [-0.2, -0.15) is 0 Å². The molecule has 3 rings (SSSR count). The van der Waals surface area contributed by atoms with Crippen molar-refractivity contribution in [2.45, 2.75) is 11.8 Å². The third-order valence-corrected chi connectivity index (χ3v) is 4.68. The number of ether oxygens (including phenoxy) is 1. The van der Waals surface area contributed by atoms with Gasteiger partial charge in [0.15, 0.2) is 0 Å². The normalized spacial score (nSPS) is 15.0. The molecule has 0 saturated carbocycles. The summed E-state index contributed by atoms with van der Waals surface area (Å²) in [5.41, 5.74) is 1.40. The summed E-state index contributed by atoms with van der Waals surface area (Å²) in [6.45, 7) is 1.35. The third kappa shape index (κ3) is 3.00. The van der Waals surface area contributed by atoms with Crippen LogP contribution in [-0.4, -0.2) is 11.8 Å². The Morgan fingerprint density at radius 3 is 2.73 bits per heavy atom. The lowest BCUT2D eigenvalue weighted by atomic mass is 10.1. The average molecular weight is 375 g/mol. The Balaban J connectivity index is 2.01. The van der Waals surface area contributed by atoms with Gasteiger partial charge in [-0.3, -0.25) is 9.59 Å². The molecule has 0 atom stereocenters. The van der Waals surface area contributed by atoms with E-state index in [0.29, 0.717) is 21.8 Å². The Bertz CT molecular complexity index is 811. The summed E-state index contributed by atoms with van der Waals surface area (Å²) >= 11 is 4.82. The van der Waals surface area contributed by atoms with Crippen LogP contribution in [0.3, 0.4) is 0 Å². The molecule has 0 fully saturated rings. The number of Topliss-reactive ketones (excluding diaryl/α,β-unsaturated/α-hetero) is 1.